The van der Waals surface area contributed by atoms with Crippen LogP contribution in [0.2, 0.25) is 0 Å². The highest BCUT2D eigenvalue weighted by atomic mass is 79.9. The van der Waals surface area contributed by atoms with Crippen molar-refractivity contribution < 1.29 is 9.59 Å². The number of anilines is 1. The zero-order valence-electron chi connectivity index (χ0n) is 13.9. The van der Waals surface area contributed by atoms with Gasteiger partial charge in [0, 0.05) is 23.1 Å². The smallest absolute Gasteiger partial charge is 0.240 e. The van der Waals surface area contributed by atoms with Gasteiger partial charge in [-0.3, -0.25) is 9.59 Å². The largest absolute Gasteiger partial charge is 0.354 e. The molecule has 0 bridgehead atoms. The van der Waals surface area contributed by atoms with E-state index < -0.39 is 5.54 Å². The van der Waals surface area contributed by atoms with E-state index in [4.69, 9.17) is 5.73 Å². The Balaban J connectivity index is 0.00000288. The molecule has 134 valence electrons. The minimum atomic E-state index is -0.754. The monoisotopic (exact) mass is 417 g/mol. The second-order valence-electron chi connectivity index (χ2n) is 6.23. The van der Waals surface area contributed by atoms with Crippen molar-refractivity contribution in [3.05, 3.63) is 28.2 Å². The number of hydrogen-bond acceptors (Lipinski definition) is 3. The molecular weight excluding hydrogens is 394 g/mol. The summed E-state index contributed by atoms with van der Waals surface area (Å²) < 4.78 is 0.911. The average molecular weight is 419 g/mol. The molecule has 0 spiro atoms. The molecule has 24 heavy (non-hydrogen) atoms. The molecular formula is C17H25BrClN3O2. The summed E-state index contributed by atoms with van der Waals surface area (Å²) in [6.45, 7) is 2.24. The first-order valence-corrected chi connectivity index (χ1v) is 8.83. The first kappa shape index (κ1) is 20.9. The molecule has 2 amide bonds. The molecule has 0 heterocycles. The topological polar surface area (TPSA) is 84.2 Å². The summed E-state index contributed by atoms with van der Waals surface area (Å²) in [6, 6.07) is 5.72. The second kappa shape index (κ2) is 9.39. The van der Waals surface area contributed by atoms with Crippen LogP contribution in [-0.4, -0.2) is 23.9 Å². The molecule has 0 aliphatic heterocycles. The van der Waals surface area contributed by atoms with E-state index in [0.717, 1.165) is 47.8 Å². The number of nitrogens with two attached hydrogens (primary N) is 1. The Hall–Kier alpha value is -1.11. The van der Waals surface area contributed by atoms with E-state index in [-0.39, 0.29) is 30.6 Å². The standard InChI is InChI=1S/C17H24BrN3O2.ClH/c1-12-5-6-13(18)11-14(12)21-15(22)7-10-20-16(23)17(19)8-3-2-4-9-17;/h5-6,11H,2-4,7-10,19H2,1H3,(H,20,23)(H,21,22);1H. The van der Waals surface area contributed by atoms with Gasteiger partial charge >= 0.3 is 0 Å². The zero-order valence-corrected chi connectivity index (χ0v) is 16.3. The van der Waals surface area contributed by atoms with Crippen molar-refractivity contribution in [1.29, 1.82) is 0 Å². The predicted molar refractivity (Wildman–Crippen MR) is 102 cm³/mol. The summed E-state index contributed by atoms with van der Waals surface area (Å²) >= 11 is 3.39. The average Bonchev–Trinajstić information content (AvgIpc) is 2.51. The zero-order chi connectivity index (χ0) is 16.9. The molecule has 1 fully saturated rings. The van der Waals surface area contributed by atoms with Gasteiger partial charge in [-0.25, -0.2) is 0 Å². The number of carbonyl (C=O) groups is 2. The van der Waals surface area contributed by atoms with Crippen LogP contribution in [0.1, 0.15) is 44.1 Å². The normalized spacial score (nSPS) is 16.0. The Morgan fingerprint density at radius 1 is 1.25 bits per heavy atom. The van der Waals surface area contributed by atoms with Crippen molar-refractivity contribution in [2.45, 2.75) is 51.0 Å². The number of halogens is 2. The molecule has 2 rings (SSSR count). The van der Waals surface area contributed by atoms with Gasteiger partial charge < -0.3 is 16.4 Å². The Morgan fingerprint density at radius 3 is 2.58 bits per heavy atom. The van der Waals surface area contributed by atoms with E-state index in [2.05, 4.69) is 26.6 Å². The first-order chi connectivity index (χ1) is 10.9. The van der Waals surface area contributed by atoms with Crippen LogP contribution in [0.3, 0.4) is 0 Å². The molecule has 0 atom stereocenters. The van der Waals surface area contributed by atoms with Gasteiger partial charge in [0.05, 0.1) is 5.54 Å². The lowest BCUT2D eigenvalue weighted by Gasteiger charge is -2.31. The lowest BCUT2D eigenvalue weighted by Crippen LogP contribution is -2.55. The predicted octanol–water partition coefficient (Wildman–Crippen LogP) is 3.29. The van der Waals surface area contributed by atoms with Crippen LogP contribution >= 0.6 is 28.3 Å². The van der Waals surface area contributed by atoms with Crippen molar-refractivity contribution in [3.8, 4) is 0 Å². The maximum atomic E-state index is 12.2. The molecule has 0 saturated heterocycles. The van der Waals surface area contributed by atoms with Crippen LogP contribution in [0, 0.1) is 6.92 Å². The first-order valence-electron chi connectivity index (χ1n) is 8.04. The summed E-state index contributed by atoms with van der Waals surface area (Å²) in [5.41, 5.74) is 7.18. The SMILES string of the molecule is Cc1ccc(Br)cc1NC(=O)CCNC(=O)C1(N)CCCCC1.Cl. The third kappa shape index (κ3) is 5.76. The summed E-state index contributed by atoms with van der Waals surface area (Å²) in [5.74, 6) is -0.259. The molecule has 5 nitrogen and oxygen atoms in total. The maximum absolute atomic E-state index is 12.2. The Kier molecular flexibility index (Phi) is 8.19. The second-order valence-corrected chi connectivity index (χ2v) is 7.15. The van der Waals surface area contributed by atoms with Gasteiger partial charge in [0.1, 0.15) is 0 Å². The van der Waals surface area contributed by atoms with Crippen molar-refractivity contribution in [2.75, 3.05) is 11.9 Å². The maximum Gasteiger partial charge on any atom is 0.240 e. The third-order valence-corrected chi connectivity index (χ3v) is 4.80. The molecule has 1 aliphatic carbocycles. The molecule has 1 saturated carbocycles. The highest BCUT2D eigenvalue weighted by Gasteiger charge is 2.34. The third-order valence-electron chi connectivity index (χ3n) is 4.31. The number of rotatable bonds is 5. The van der Waals surface area contributed by atoms with E-state index in [1.807, 2.05) is 25.1 Å². The van der Waals surface area contributed by atoms with Crippen LogP contribution < -0.4 is 16.4 Å². The molecule has 0 unspecified atom stereocenters. The Bertz CT molecular complexity index is 589. The summed E-state index contributed by atoms with van der Waals surface area (Å²) in [7, 11) is 0. The highest BCUT2D eigenvalue weighted by molar-refractivity contribution is 9.10. The minimum Gasteiger partial charge on any atom is -0.354 e. The van der Waals surface area contributed by atoms with Crippen LogP contribution in [0.15, 0.2) is 22.7 Å². The number of aryl methyl sites for hydroxylation is 1. The Morgan fingerprint density at radius 2 is 1.92 bits per heavy atom. The molecule has 0 aromatic heterocycles. The quantitative estimate of drug-likeness (QED) is 0.686. The molecule has 1 aliphatic rings. The van der Waals surface area contributed by atoms with Crippen molar-refractivity contribution in [2.24, 2.45) is 5.73 Å². The summed E-state index contributed by atoms with van der Waals surface area (Å²) in [4.78, 5) is 24.2. The van der Waals surface area contributed by atoms with Gasteiger partial charge in [-0.15, -0.1) is 12.4 Å². The van der Waals surface area contributed by atoms with E-state index in [1.165, 1.54) is 0 Å². The van der Waals surface area contributed by atoms with Crippen molar-refractivity contribution in [3.63, 3.8) is 0 Å². The lowest BCUT2D eigenvalue weighted by molar-refractivity contribution is -0.127. The summed E-state index contributed by atoms with van der Waals surface area (Å²) in [6.07, 6.45) is 4.80. The summed E-state index contributed by atoms with van der Waals surface area (Å²) in [5, 5.41) is 5.66. The number of carbonyl (C=O) groups excluding carboxylic acids is 2. The molecule has 7 heteroatoms. The fourth-order valence-corrected chi connectivity index (χ4v) is 3.18. The fraction of sp³-hybridized carbons (Fsp3) is 0.529. The Labute approximate surface area is 157 Å². The highest BCUT2D eigenvalue weighted by Crippen LogP contribution is 2.26. The van der Waals surface area contributed by atoms with E-state index in [0.29, 0.717) is 6.54 Å². The van der Waals surface area contributed by atoms with Crippen LogP contribution in [0.25, 0.3) is 0 Å². The molecule has 1 aromatic carbocycles. The molecule has 0 radical (unpaired) electrons. The lowest BCUT2D eigenvalue weighted by atomic mass is 9.82. The number of nitrogens with one attached hydrogen (secondary N) is 2. The van der Waals surface area contributed by atoms with E-state index >= 15 is 0 Å². The van der Waals surface area contributed by atoms with E-state index in [9.17, 15) is 9.59 Å². The number of benzene rings is 1. The van der Waals surface area contributed by atoms with Gasteiger partial charge in [-0.2, -0.15) is 0 Å². The number of hydrogen-bond donors (Lipinski definition) is 3. The number of amides is 2. The van der Waals surface area contributed by atoms with Crippen LogP contribution in [-0.2, 0) is 9.59 Å². The van der Waals surface area contributed by atoms with E-state index in [1.54, 1.807) is 0 Å². The van der Waals surface area contributed by atoms with Crippen molar-refractivity contribution in [1.82, 2.24) is 5.32 Å². The van der Waals surface area contributed by atoms with Crippen LogP contribution in [0.4, 0.5) is 5.69 Å². The van der Waals surface area contributed by atoms with Gasteiger partial charge in [0.2, 0.25) is 11.8 Å². The van der Waals surface area contributed by atoms with Gasteiger partial charge in [-0.05, 0) is 37.5 Å². The van der Waals surface area contributed by atoms with Gasteiger partial charge in [0.15, 0.2) is 0 Å². The van der Waals surface area contributed by atoms with Crippen LogP contribution in [0.5, 0.6) is 0 Å². The molecule has 4 N–H and O–H groups in total. The van der Waals surface area contributed by atoms with Crippen molar-refractivity contribution >= 4 is 45.8 Å². The van der Waals surface area contributed by atoms with Gasteiger partial charge in [0.25, 0.3) is 0 Å². The molecule has 1 aromatic rings. The van der Waals surface area contributed by atoms with Gasteiger partial charge in [-0.1, -0.05) is 41.3 Å². The minimum absolute atomic E-state index is 0. The fourth-order valence-electron chi connectivity index (χ4n) is 2.82.